The number of hydrogen-bond donors (Lipinski definition) is 3. The molecule has 0 aromatic rings. The van der Waals surface area contributed by atoms with Crippen LogP contribution >= 0.6 is 0 Å². The van der Waals surface area contributed by atoms with Gasteiger partial charge in [-0.15, -0.1) is 0 Å². The van der Waals surface area contributed by atoms with E-state index in [1.54, 1.807) is 7.05 Å². The fraction of sp³-hybridized carbons (Fsp3) is 0.889. The zero-order valence-corrected chi connectivity index (χ0v) is 16.7. The van der Waals surface area contributed by atoms with Crippen molar-refractivity contribution in [3.05, 3.63) is 0 Å². The van der Waals surface area contributed by atoms with E-state index < -0.39 is 5.60 Å². The molecule has 1 amide bonds. The number of carbonyl (C=O) groups is 1. The Hall–Kier alpha value is -1.50. The van der Waals surface area contributed by atoms with Crippen LogP contribution in [0.2, 0.25) is 0 Å². The molecule has 1 aliphatic rings. The SMILES string of the molecule is CCC(CC)(CNC(=NC)NCC1CCCO1)NC(=O)OC(C)(C)C. The predicted molar refractivity (Wildman–Crippen MR) is 101 cm³/mol. The van der Waals surface area contributed by atoms with Gasteiger partial charge >= 0.3 is 6.09 Å². The zero-order chi connectivity index (χ0) is 18.9. The Kier molecular flexibility index (Phi) is 8.48. The van der Waals surface area contributed by atoms with Crippen LogP contribution in [-0.4, -0.2) is 56.0 Å². The molecule has 1 heterocycles. The number of nitrogens with zero attached hydrogens (tertiary/aromatic N) is 1. The normalized spacial score (nSPS) is 18.8. The summed E-state index contributed by atoms with van der Waals surface area (Å²) in [5.74, 6) is 0.716. The Morgan fingerprint density at radius 3 is 2.40 bits per heavy atom. The lowest BCUT2D eigenvalue weighted by Crippen LogP contribution is -2.57. The van der Waals surface area contributed by atoms with Crippen molar-refractivity contribution in [2.24, 2.45) is 4.99 Å². The lowest BCUT2D eigenvalue weighted by molar-refractivity contribution is 0.0448. The van der Waals surface area contributed by atoms with Crippen molar-refractivity contribution in [3.63, 3.8) is 0 Å². The van der Waals surface area contributed by atoms with Gasteiger partial charge in [0.25, 0.3) is 0 Å². The third kappa shape index (κ3) is 7.94. The molecule has 25 heavy (non-hydrogen) atoms. The summed E-state index contributed by atoms with van der Waals surface area (Å²) in [7, 11) is 1.74. The van der Waals surface area contributed by atoms with Gasteiger partial charge in [-0.25, -0.2) is 4.79 Å². The van der Waals surface area contributed by atoms with Crippen molar-refractivity contribution in [1.82, 2.24) is 16.0 Å². The zero-order valence-electron chi connectivity index (χ0n) is 16.7. The standard InChI is InChI=1S/C18H36N4O3/c1-7-18(8-2,22-16(23)25-17(3,4)5)13-21-15(19-6)20-12-14-10-9-11-24-14/h14H,7-13H2,1-6H3,(H,22,23)(H2,19,20,21). The highest BCUT2D eigenvalue weighted by Gasteiger charge is 2.30. The van der Waals surface area contributed by atoms with Crippen LogP contribution in [0.3, 0.4) is 0 Å². The molecule has 0 radical (unpaired) electrons. The highest BCUT2D eigenvalue weighted by molar-refractivity contribution is 5.79. The summed E-state index contributed by atoms with van der Waals surface area (Å²) >= 11 is 0. The lowest BCUT2D eigenvalue weighted by Gasteiger charge is -2.34. The summed E-state index contributed by atoms with van der Waals surface area (Å²) in [6, 6.07) is 0. The van der Waals surface area contributed by atoms with E-state index in [-0.39, 0.29) is 17.7 Å². The molecule has 0 bridgehead atoms. The van der Waals surface area contributed by atoms with Crippen molar-refractivity contribution in [2.45, 2.75) is 77.5 Å². The Bertz CT molecular complexity index is 436. The van der Waals surface area contributed by atoms with Crippen molar-refractivity contribution in [3.8, 4) is 0 Å². The van der Waals surface area contributed by atoms with Crippen LogP contribution in [0.1, 0.15) is 60.3 Å². The monoisotopic (exact) mass is 356 g/mol. The van der Waals surface area contributed by atoms with E-state index in [1.807, 2.05) is 20.8 Å². The second-order valence-electron chi connectivity index (χ2n) is 7.56. The Morgan fingerprint density at radius 1 is 1.24 bits per heavy atom. The predicted octanol–water partition coefficient (Wildman–Crippen LogP) is 2.41. The second-order valence-corrected chi connectivity index (χ2v) is 7.56. The molecule has 146 valence electrons. The molecule has 0 aliphatic carbocycles. The van der Waals surface area contributed by atoms with E-state index in [2.05, 4.69) is 34.8 Å². The van der Waals surface area contributed by atoms with Crippen LogP contribution in [-0.2, 0) is 9.47 Å². The Labute approximate surface area is 152 Å². The van der Waals surface area contributed by atoms with Crippen molar-refractivity contribution in [1.29, 1.82) is 0 Å². The summed E-state index contributed by atoms with van der Waals surface area (Å²) in [4.78, 5) is 16.4. The van der Waals surface area contributed by atoms with Crippen molar-refractivity contribution in [2.75, 3.05) is 26.7 Å². The number of nitrogens with one attached hydrogen (secondary N) is 3. The molecule has 3 N–H and O–H groups in total. The molecule has 1 aliphatic heterocycles. The molecule has 1 saturated heterocycles. The van der Waals surface area contributed by atoms with E-state index in [0.29, 0.717) is 12.5 Å². The van der Waals surface area contributed by atoms with E-state index in [0.717, 1.165) is 38.8 Å². The first-order chi connectivity index (χ1) is 11.7. The molecule has 1 unspecified atom stereocenters. The van der Waals surface area contributed by atoms with Gasteiger partial charge in [-0.2, -0.15) is 0 Å². The van der Waals surface area contributed by atoms with Gasteiger partial charge < -0.3 is 25.4 Å². The average Bonchev–Trinajstić information content (AvgIpc) is 3.05. The van der Waals surface area contributed by atoms with Crippen LogP contribution < -0.4 is 16.0 Å². The van der Waals surface area contributed by atoms with E-state index in [4.69, 9.17) is 9.47 Å². The van der Waals surface area contributed by atoms with E-state index >= 15 is 0 Å². The molecule has 0 aromatic heterocycles. The van der Waals surface area contributed by atoms with Gasteiger partial charge in [0.15, 0.2) is 5.96 Å². The van der Waals surface area contributed by atoms with Crippen LogP contribution in [0.25, 0.3) is 0 Å². The number of carbonyl (C=O) groups excluding carboxylic acids is 1. The minimum absolute atomic E-state index is 0.251. The van der Waals surface area contributed by atoms with Gasteiger partial charge in [0.2, 0.25) is 0 Å². The fourth-order valence-electron chi connectivity index (χ4n) is 2.73. The smallest absolute Gasteiger partial charge is 0.408 e. The van der Waals surface area contributed by atoms with Crippen LogP contribution in [0.15, 0.2) is 4.99 Å². The number of ether oxygens (including phenoxy) is 2. The van der Waals surface area contributed by atoms with Gasteiger partial charge in [0.1, 0.15) is 5.60 Å². The molecular weight excluding hydrogens is 320 g/mol. The minimum atomic E-state index is -0.510. The molecule has 1 rings (SSSR count). The topological polar surface area (TPSA) is 84.0 Å². The molecular formula is C18H36N4O3. The third-order valence-electron chi connectivity index (χ3n) is 4.46. The van der Waals surface area contributed by atoms with Gasteiger partial charge in [0, 0.05) is 26.7 Å². The van der Waals surface area contributed by atoms with E-state index in [1.165, 1.54) is 0 Å². The van der Waals surface area contributed by atoms with Gasteiger partial charge in [-0.3, -0.25) is 4.99 Å². The van der Waals surface area contributed by atoms with Gasteiger partial charge in [-0.05, 0) is 46.5 Å². The third-order valence-corrected chi connectivity index (χ3v) is 4.46. The fourth-order valence-corrected chi connectivity index (χ4v) is 2.73. The second kappa shape index (κ2) is 9.85. The number of amides is 1. The quantitative estimate of drug-likeness (QED) is 0.482. The van der Waals surface area contributed by atoms with Gasteiger partial charge in [0.05, 0.1) is 11.6 Å². The largest absolute Gasteiger partial charge is 0.444 e. The summed E-state index contributed by atoms with van der Waals surface area (Å²) < 4.78 is 11.0. The molecule has 1 fully saturated rings. The molecule has 0 spiro atoms. The Morgan fingerprint density at radius 2 is 1.92 bits per heavy atom. The maximum atomic E-state index is 12.2. The summed E-state index contributed by atoms with van der Waals surface area (Å²) in [6.45, 7) is 11.9. The molecule has 0 aromatic carbocycles. The molecule has 7 heteroatoms. The molecule has 0 saturated carbocycles. The average molecular weight is 357 g/mol. The maximum absolute atomic E-state index is 12.2. The van der Waals surface area contributed by atoms with Crippen molar-refractivity contribution >= 4 is 12.1 Å². The lowest BCUT2D eigenvalue weighted by atomic mass is 9.93. The minimum Gasteiger partial charge on any atom is -0.444 e. The number of rotatable bonds is 7. The summed E-state index contributed by atoms with van der Waals surface area (Å²) in [5, 5.41) is 9.64. The van der Waals surface area contributed by atoms with Gasteiger partial charge in [-0.1, -0.05) is 13.8 Å². The number of aliphatic imine (C=N–C) groups is 1. The summed E-state index contributed by atoms with van der Waals surface area (Å²) in [5.41, 5.74) is -0.895. The number of guanidine groups is 1. The number of hydrogen-bond acceptors (Lipinski definition) is 4. The first-order valence-corrected chi connectivity index (χ1v) is 9.31. The van der Waals surface area contributed by atoms with Crippen LogP contribution in [0, 0.1) is 0 Å². The summed E-state index contributed by atoms with van der Waals surface area (Å²) in [6.07, 6.45) is 3.64. The molecule has 7 nitrogen and oxygen atoms in total. The highest BCUT2D eigenvalue weighted by atomic mass is 16.6. The maximum Gasteiger partial charge on any atom is 0.408 e. The first-order valence-electron chi connectivity index (χ1n) is 9.31. The van der Waals surface area contributed by atoms with Crippen LogP contribution in [0.5, 0.6) is 0 Å². The Balaban J connectivity index is 2.54. The number of alkyl carbamates (subject to hydrolysis) is 1. The molecule has 1 atom stereocenters. The van der Waals surface area contributed by atoms with Crippen LogP contribution in [0.4, 0.5) is 4.79 Å². The first kappa shape index (κ1) is 21.5. The highest BCUT2D eigenvalue weighted by Crippen LogP contribution is 2.16. The van der Waals surface area contributed by atoms with Crippen molar-refractivity contribution < 1.29 is 14.3 Å². The van der Waals surface area contributed by atoms with E-state index in [9.17, 15) is 4.79 Å².